The molecule has 2 rings (SSSR count). The normalized spacial score (nSPS) is 21.9. The molecule has 23 heavy (non-hydrogen) atoms. The van der Waals surface area contributed by atoms with Crippen LogP contribution in [0.25, 0.3) is 0 Å². The van der Waals surface area contributed by atoms with E-state index in [9.17, 15) is 9.36 Å². The number of nitrogens with zero attached hydrogens (tertiary/aromatic N) is 3. The first-order valence-corrected chi connectivity index (χ1v) is 8.84. The van der Waals surface area contributed by atoms with Gasteiger partial charge in [-0.25, -0.2) is 9.98 Å². The van der Waals surface area contributed by atoms with Crippen molar-refractivity contribution < 1.29 is 23.9 Å². The van der Waals surface area contributed by atoms with Crippen LogP contribution >= 0.6 is 7.60 Å². The molecule has 1 aliphatic rings. The molecule has 4 N–H and O–H groups in total. The number of rotatable bonds is 8. The summed E-state index contributed by atoms with van der Waals surface area (Å²) in [5, 5.41) is 5.53. The summed E-state index contributed by atoms with van der Waals surface area (Å²) in [6.45, 7) is 2.97. The molecule has 2 atom stereocenters. The van der Waals surface area contributed by atoms with E-state index >= 15 is 0 Å². The van der Waals surface area contributed by atoms with Crippen molar-refractivity contribution in [3.63, 3.8) is 0 Å². The Morgan fingerprint density at radius 1 is 1.61 bits per heavy atom. The Morgan fingerprint density at radius 3 is 3.09 bits per heavy atom. The van der Waals surface area contributed by atoms with E-state index < -0.39 is 7.60 Å². The second-order valence-electron chi connectivity index (χ2n) is 5.13. The fourth-order valence-electron chi connectivity index (χ4n) is 2.39. The Hall–Kier alpha value is -1.58. The number of nitrogens with one attached hydrogen (secondary N) is 2. The second kappa shape index (κ2) is 7.80. The number of carbonyl (C=O) groups is 1. The van der Waals surface area contributed by atoms with Crippen LogP contribution in [0.3, 0.4) is 0 Å². The van der Waals surface area contributed by atoms with Crippen LogP contribution in [0.5, 0.6) is 0 Å². The highest BCUT2D eigenvalue weighted by Crippen LogP contribution is 2.34. The maximum Gasteiger partial charge on any atom is 0.327 e. The predicted octanol–water partition coefficient (Wildman–Crippen LogP) is -0.695. The largest absolute Gasteiger partial charge is 0.374 e. The molecule has 1 amide bonds. The molecule has 0 spiro atoms. The summed E-state index contributed by atoms with van der Waals surface area (Å²) in [5.74, 6) is 0.594. The Bertz CT molecular complexity index is 613. The highest BCUT2D eigenvalue weighted by Gasteiger charge is 2.31. The molecule has 10 nitrogen and oxygen atoms in total. The fourth-order valence-corrected chi connectivity index (χ4v) is 2.73. The lowest BCUT2D eigenvalue weighted by Gasteiger charge is -2.21. The molecule has 1 aromatic rings. The minimum absolute atomic E-state index is 0.0217. The van der Waals surface area contributed by atoms with Gasteiger partial charge >= 0.3 is 7.60 Å². The number of amides is 1. The van der Waals surface area contributed by atoms with Crippen molar-refractivity contribution in [2.45, 2.75) is 19.1 Å². The molecule has 1 saturated heterocycles. The van der Waals surface area contributed by atoms with Gasteiger partial charge in [-0.1, -0.05) is 0 Å². The van der Waals surface area contributed by atoms with Gasteiger partial charge in [0.2, 0.25) is 6.41 Å². The summed E-state index contributed by atoms with van der Waals surface area (Å²) in [6, 6.07) is -0.101. The van der Waals surface area contributed by atoms with Gasteiger partial charge in [0.1, 0.15) is 0 Å². The zero-order valence-electron chi connectivity index (χ0n) is 12.6. The van der Waals surface area contributed by atoms with Crippen molar-refractivity contribution in [1.82, 2.24) is 20.2 Å². The molecule has 0 aromatic carbocycles. The molecule has 1 fully saturated rings. The summed E-state index contributed by atoms with van der Waals surface area (Å²) >= 11 is 0. The van der Waals surface area contributed by atoms with Gasteiger partial charge in [-0.2, -0.15) is 0 Å². The van der Waals surface area contributed by atoms with E-state index in [0.717, 1.165) is 0 Å². The van der Waals surface area contributed by atoms with Crippen LogP contribution in [0.15, 0.2) is 11.3 Å². The number of hydrogen-bond donors (Lipinski definition) is 4. The lowest BCUT2D eigenvalue weighted by Crippen LogP contribution is -2.26. The number of aryl methyl sites for hydroxylation is 1. The zero-order chi connectivity index (χ0) is 16.9. The minimum atomic E-state index is -4.07. The number of aliphatic imine (C=N–C) groups is 1. The van der Waals surface area contributed by atoms with Crippen molar-refractivity contribution in [3.05, 3.63) is 12.0 Å². The van der Waals surface area contributed by atoms with Crippen LogP contribution in [0, 0.1) is 6.92 Å². The van der Waals surface area contributed by atoms with Crippen molar-refractivity contribution in [2.24, 2.45) is 4.99 Å². The summed E-state index contributed by atoms with van der Waals surface area (Å²) in [4.78, 5) is 36.5. The number of imidazole rings is 1. The average molecular weight is 345 g/mol. The van der Waals surface area contributed by atoms with E-state index in [-0.39, 0.29) is 24.9 Å². The molecule has 1 aliphatic heterocycles. The van der Waals surface area contributed by atoms with Crippen molar-refractivity contribution in [1.29, 1.82) is 0 Å². The third-order valence-corrected chi connectivity index (χ3v) is 4.24. The summed E-state index contributed by atoms with van der Waals surface area (Å²) in [6.07, 6.45) is 2.88. The van der Waals surface area contributed by atoms with E-state index in [2.05, 4.69) is 20.6 Å². The van der Waals surface area contributed by atoms with Crippen molar-refractivity contribution >= 4 is 26.2 Å². The van der Waals surface area contributed by atoms with E-state index in [1.165, 1.54) is 6.34 Å². The van der Waals surface area contributed by atoms with Gasteiger partial charge in [0.15, 0.2) is 5.82 Å². The first kappa shape index (κ1) is 17.8. The molecule has 2 heterocycles. The van der Waals surface area contributed by atoms with Crippen LogP contribution < -0.4 is 10.6 Å². The summed E-state index contributed by atoms with van der Waals surface area (Å²) in [5.41, 5.74) is 0.704. The molecule has 1 aromatic heterocycles. The molecule has 0 aliphatic carbocycles. The molecule has 11 heteroatoms. The van der Waals surface area contributed by atoms with Gasteiger partial charge in [-0.05, 0) is 6.92 Å². The minimum Gasteiger partial charge on any atom is -0.374 e. The highest BCUT2D eigenvalue weighted by atomic mass is 31.2. The van der Waals surface area contributed by atoms with Gasteiger partial charge in [0, 0.05) is 13.1 Å². The third kappa shape index (κ3) is 4.95. The molecular weight excluding hydrogens is 325 g/mol. The monoisotopic (exact) mass is 345 g/mol. The van der Waals surface area contributed by atoms with Gasteiger partial charge in [-0.15, -0.1) is 0 Å². The SMILES string of the molecule is Cc1ncn(C2CNCC2OCCP(=O)(O)O)c1/N=C\NC=O. The number of aromatic nitrogens is 2. The van der Waals surface area contributed by atoms with Gasteiger partial charge in [-0.3, -0.25) is 9.36 Å². The van der Waals surface area contributed by atoms with E-state index in [1.54, 1.807) is 13.3 Å². The molecule has 0 bridgehead atoms. The third-order valence-electron chi connectivity index (χ3n) is 3.47. The first-order valence-electron chi connectivity index (χ1n) is 7.05. The summed E-state index contributed by atoms with van der Waals surface area (Å²) in [7, 11) is -4.07. The fraction of sp³-hybridized carbons (Fsp3) is 0.583. The predicted molar refractivity (Wildman–Crippen MR) is 82.9 cm³/mol. The van der Waals surface area contributed by atoms with Crippen molar-refractivity contribution in [3.8, 4) is 0 Å². The van der Waals surface area contributed by atoms with Gasteiger partial charge in [0.25, 0.3) is 0 Å². The Morgan fingerprint density at radius 2 is 2.39 bits per heavy atom. The van der Waals surface area contributed by atoms with Crippen LogP contribution in [0.2, 0.25) is 0 Å². The van der Waals surface area contributed by atoms with Gasteiger partial charge < -0.3 is 29.7 Å². The highest BCUT2D eigenvalue weighted by molar-refractivity contribution is 7.51. The maximum absolute atomic E-state index is 10.9. The number of hydrogen-bond acceptors (Lipinski definition) is 6. The lowest BCUT2D eigenvalue weighted by molar-refractivity contribution is -0.108. The zero-order valence-corrected chi connectivity index (χ0v) is 13.5. The molecular formula is C12H20N5O5P. The number of ether oxygens (including phenoxy) is 1. The first-order chi connectivity index (χ1) is 10.9. The molecule has 2 unspecified atom stereocenters. The smallest absolute Gasteiger partial charge is 0.327 e. The Balaban J connectivity index is 2.07. The quantitative estimate of drug-likeness (QED) is 0.212. The average Bonchev–Trinajstić information content (AvgIpc) is 3.05. The maximum atomic E-state index is 10.9. The molecule has 0 radical (unpaired) electrons. The van der Waals surface area contributed by atoms with Crippen LogP contribution in [-0.2, 0) is 14.1 Å². The van der Waals surface area contributed by atoms with E-state index in [4.69, 9.17) is 14.5 Å². The standard InChI is InChI=1S/C12H20N5O5P/c1-9-12(15-6-14-8-18)17(7-16-9)10-4-13-5-11(10)22-2-3-23(19,20)21/h6-8,10-11,13H,2-5H2,1H3,(H,14,15,18)(H2,19,20,21). The van der Waals surface area contributed by atoms with Gasteiger partial charge in [0.05, 0.1) is 43.3 Å². The van der Waals surface area contributed by atoms with Crippen LogP contribution in [-0.4, -0.2) is 64.0 Å². The van der Waals surface area contributed by atoms with E-state index in [1.807, 2.05) is 4.57 Å². The molecule has 128 valence electrons. The Labute approximate surface area is 133 Å². The topological polar surface area (TPSA) is 138 Å². The molecule has 0 saturated carbocycles. The van der Waals surface area contributed by atoms with Crippen molar-refractivity contribution in [2.75, 3.05) is 25.9 Å². The second-order valence-corrected chi connectivity index (χ2v) is 6.90. The number of carbonyl (C=O) groups excluding carboxylic acids is 1. The van der Waals surface area contributed by atoms with E-state index in [0.29, 0.717) is 31.0 Å². The van der Waals surface area contributed by atoms with Crippen LogP contribution in [0.1, 0.15) is 11.7 Å². The lowest BCUT2D eigenvalue weighted by atomic mass is 10.2. The van der Waals surface area contributed by atoms with Crippen LogP contribution in [0.4, 0.5) is 5.82 Å². The summed E-state index contributed by atoms with van der Waals surface area (Å²) < 4.78 is 18.3. The Kier molecular flexibility index (Phi) is 6.03.